The summed E-state index contributed by atoms with van der Waals surface area (Å²) in [5, 5.41) is 3.36. The van der Waals surface area contributed by atoms with Crippen molar-refractivity contribution in [2.24, 2.45) is 0 Å². The minimum Gasteiger partial charge on any atom is -0.338 e. The second kappa shape index (κ2) is 4.77. The van der Waals surface area contributed by atoms with Gasteiger partial charge in [-0.2, -0.15) is 0 Å². The fraction of sp³-hybridized carbons (Fsp3) is 0.615. The summed E-state index contributed by atoms with van der Waals surface area (Å²) in [6.45, 7) is 3.42. The molecule has 0 aromatic carbocycles. The van der Waals surface area contributed by atoms with E-state index in [0.717, 1.165) is 13.0 Å². The zero-order valence-corrected chi connectivity index (χ0v) is 11.0. The van der Waals surface area contributed by atoms with Gasteiger partial charge >= 0.3 is 0 Å². The maximum absolute atomic E-state index is 11.9. The van der Waals surface area contributed by atoms with Gasteiger partial charge in [0.15, 0.2) is 0 Å². The fourth-order valence-corrected chi connectivity index (χ4v) is 3.10. The molecule has 0 radical (unpaired) electrons. The molecule has 2 atom stereocenters. The van der Waals surface area contributed by atoms with Gasteiger partial charge < -0.3 is 15.2 Å². The number of nitrogens with zero attached hydrogens (tertiary/aromatic N) is 2. The van der Waals surface area contributed by atoms with Gasteiger partial charge in [-0.05, 0) is 19.9 Å². The molecular weight excluding hydrogens is 244 g/mol. The van der Waals surface area contributed by atoms with Crippen LogP contribution in [0, 0.1) is 6.92 Å². The molecule has 0 aliphatic carbocycles. The molecule has 19 heavy (non-hydrogen) atoms. The Morgan fingerprint density at radius 3 is 3.11 bits per heavy atom. The Labute approximate surface area is 111 Å². The number of fused-ring (bicyclic) bond motifs is 1. The van der Waals surface area contributed by atoms with Gasteiger partial charge in [0.1, 0.15) is 5.82 Å². The monoisotopic (exact) mass is 262 g/mol. The third-order valence-electron chi connectivity index (χ3n) is 3.93. The minimum absolute atomic E-state index is 0.129. The number of hydrogen-bond acceptors (Lipinski definition) is 4. The lowest BCUT2D eigenvalue weighted by atomic mass is 10.1. The van der Waals surface area contributed by atoms with Gasteiger partial charge in [-0.3, -0.25) is 9.59 Å². The van der Waals surface area contributed by atoms with Crippen LogP contribution in [0.5, 0.6) is 0 Å². The Morgan fingerprint density at radius 2 is 2.32 bits per heavy atom. The van der Waals surface area contributed by atoms with E-state index in [1.165, 1.54) is 6.07 Å². The van der Waals surface area contributed by atoms with Crippen LogP contribution in [0.4, 0.5) is 0 Å². The average molecular weight is 262 g/mol. The van der Waals surface area contributed by atoms with Crippen molar-refractivity contribution >= 4 is 5.91 Å². The molecule has 2 N–H and O–H groups in total. The Kier molecular flexibility index (Phi) is 3.10. The third-order valence-corrected chi connectivity index (χ3v) is 3.93. The van der Waals surface area contributed by atoms with Gasteiger partial charge in [0.25, 0.3) is 5.56 Å². The van der Waals surface area contributed by atoms with Gasteiger partial charge in [-0.25, -0.2) is 4.98 Å². The lowest BCUT2D eigenvalue weighted by molar-refractivity contribution is -0.129. The van der Waals surface area contributed by atoms with Gasteiger partial charge in [0, 0.05) is 43.2 Å². The Morgan fingerprint density at radius 1 is 1.47 bits per heavy atom. The van der Waals surface area contributed by atoms with Gasteiger partial charge in [0.2, 0.25) is 5.91 Å². The first-order valence-corrected chi connectivity index (χ1v) is 6.73. The predicted octanol–water partition coefficient (Wildman–Crippen LogP) is -0.416. The highest BCUT2D eigenvalue weighted by atomic mass is 16.2. The van der Waals surface area contributed by atoms with Crippen molar-refractivity contribution in [2.45, 2.75) is 38.3 Å². The Hall–Kier alpha value is -1.69. The quantitative estimate of drug-likeness (QED) is 0.776. The Balaban J connectivity index is 1.68. The molecule has 2 aliphatic heterocycles. The minimum atomic E-state index is -0.129. The van der Waals surface area contributed by atoms with E-state index < -0.39 is 0 Å². The maximum Gasteiger partial charge on any atom is 0.251 e. The number of hydrogen-bond donors (Lipinski definition) is 2. The summed E-state index contributed by atoms with van der Waals surface area (Å²) in [5.74, 6) is 0.865. The number of H-pyrrole nitrogens is 1. The normalized spacial score (nSPS) is 25.9. The number of likely N-dealkylation sites (tertiary alicyclic amines) is 1. The van der Waals surface area contributed by atoms with E-state index in [4.69, 9.17) is 0 Å². The summed E-state index contributed by atoms with van der Waals surface area (Å²) in [4.78, 5) is 32.3. The van der Waals surface area contributed by atoms with Crippen LogP contribution in [-0.4, -0.2) is 45.9 Å². The second-order valence-electron chi connectivity index (χ2n) is 5.29. The topological polar surface area (TPSA) is 78.1 Å². The summed E-state index contributed by atoms with van der Waals surface area (Å²) in [6, 6.07) is 2.11. The summed E-state index contributed by atoms with van der Waals surface area (Å²) in [5.41, 5.74) is 0.586. The SMILES string of the molecule is Cc1cc(=O)[nH]c(CCN2C(=O)C[C@H]3NCC[C@H]32)n1. The van der Waals surface area contributed by atoms with Crippen LogP contribution in [0.2, 0.25) is 0 Å². The Bertz CT molecular complexity index is 554. The van der Waals surface area contributed by atoms with Crippen LogP contribution in [0.1, 0.15) is 24.4 Å². The number of carbonyl (C=O) groups is 1. The first-order chi connectivity index (χ1) is 9.13. The molecule has 1 aromatic rings. The average Bonchev–Trinajstić information content (AvgIpc) is 2.86. The van der Waals surface area contributed by atoms with E-state index >= 15 is 0 Å². The molecule has 2 saturated heterocycles. The standard InChI is InChI=1S/C13H18N4O2/c1-8-6-12(18)16-11(15-8)3-5-17-10-2-4-14-9(10)7-13(17)19/h6,9-10,14H,2-5,7H2,1H3,(H,15,16,18)/t9-,10-/m1/s1. The highest BCUT2D eigenvalue weighted by Crippen LogP contribution is 2.25. The van der Waals surface area contributed by atoms with Gasteiger partial charge in [-0.1, -0.05) is 0 Å². The number of aryl methyl sites for hydroxylation is 1. The summed E-state index contributed by atoms with van der Waals surface area (Å²) in [7, 11) is 0. The van der Waals surface area contributed by atoms with Crippen molar-refractivity contribution in [3.05, 3.63) is 27.9 Å². The van der Waals surface area contributed by atoms with Crippen LogP contribution < -0.4 is 10.9 Å². The molecule has 0 bridgehead atoms. The molecule has 102 valence electrons. The molecule has 1 aromatic heterocycles. The first-order valence-electron chi connectivity index (χ1n) is 6.73. The first kappa shape index (κ1) is 12.3. The van der Waals surface area contributed by atoms with Crippen molar-refractivity contribution < 1.29 is 4.79 Å². The third kappa shape index (κ3) is 2.40. The largest absolute Gasteiger partial charge is 0.338 e. The van der Waals surface area contributed by atoms with Crippen LogP contribution in [0.15, 0.2) is 10.9 Å². The van der Waals surface area contributed by atoms with E-state index in [9.17, 15) is 9.59 Å². The van der Waals surface area contributed by atoms with Crippen LogP contribution in [0.3, 0.4) is 0 Å². The maximum atomic E-state index is 11.9. The molecule has 0 spiro atoms. The summed E-state index contributed by atoms with van der Waals surface area (Å²) >= 11 is 0. The molecule has 1 amide bonds. The van der Waals surface area contributed by atoms with Gasteiger partial charge in [-0.15, -0.1) is 0 Å². The van der Waals surface area contributed by atoms with Crippen molar-refractivity contribution in [1.29, 1.82) is 0 Å². The molecule has 3 heterocycles. The second-order valence-corrected chi connectivity index (χ2v) is 5.29. The van der Waals surface area contributed by atoms with E-state index in [0.29, 0.717) is 43.0 Å². The lowest BCUT2D eigenvalue weighted by Gasteiger charge is -2.23. The molecule has 2 aliphatic rings. The van der Waals surface area contributed by atoms with E-state index in [2.05, 4.69) is 15.3 Å². The predicted molar refractivity (Wildman–Crippen MR) is 69.8 cm³/mol. The lowest BCUT2D eigenvalue weighted by Crippen LogP contribution is -2.37. The molecule has 3 rings (SSSR count). The van der Waals surface area contributed by atoms with Crippen molar-refractivity contribution in [3.8, 4) is 0 Å². The molecule has 0 unspecified atom stereocenters. The fourth-order valence-electron chi connectivity index (χ4n) is 3.10. The molecule has 2 fully saturated rings. The van der Waals surface area contributed by atoms with Crippen molar-refractivity contribution in [2.75, 3.05) is 13.1 Å². The zero-order chi connectivity index (χ0) is 13.4. The van der Waals surface area contributed by atoms with Crippen LogP contribution in [0.25, 0.3) is 0 Å². The smallest absolute Gasteiger partial charge is 0.251 e. The highest BCUT2D eigenvalue weighted by molar-refractivity contribution is 5.80. The summed E-state index contributed by atoms with van der Waals surface area (Å²) < 4.78 is 0. The highest BCUT2D eigenvalue weighted by Gasteiger charge is 2.41. The zero-order valence-electron chi connectivity index (χ0n) is 11.0. The van der Waals surface area contributed by atoms with Crippen molar-refractivity contribution in [3.63, 3.8) is 0 Å². The summed E-state index contributed by atoms with van der Waals surface area (Å²) in [6.07, 6.45) is 2.22. The van der Waals surface area contributed by atoms with E-state index in [1.807, 2.05) is 4.90 Å². The molecule has 0 saturated carbocycles. The molecule has 6 heteroatoms. The van der Waals surface area contributed by atoms with E-state index in [-0.39, 0.29) is 11.5 Å². The molecular formula is C13H18N4O2. The number of aromatic amines is 1. The number of carbonyl (C=O) groups excluding carboxylic acids is 1. The number of nitrogens with one attached hydrogen (secondary N) is 2. The van der Waals surface area contributed by atoms with Crippen LogP contribution in [-0.2, 0) is 11.2 Å². The van der Waals surface area contributed by atoms with Crippen LogP contribution >= 0.6 is 0 Å². The number of aromatic nitrogens is 2. The number of rotatable bonds is 3. The number of amides is 1. The van der Waals surface area contributed by atoms with E-state index in [1.54, 1.807) is 6.92 Å². The van der Waals surface area contributed by atoms with Crippen molar-refractivity contribution in [1.82, 2.24) is 20.2 Å². The van der Waals surface area contributed by atoms with Gasteiger partial charge in [0.05, 0.1) is 0 Å². The molecule has 6 nitrogen and oxygen atoms in total.